The number of aromatic nitrogens is 1. The molecule has 2 nitrogen and oxygen atoms in total. The Morgan fingerprint density at radius 3 is 2.86 bits per heavy atom. The molecule has 0 bridgehead atoms. The van der Waals surface area contributed by atoms with Crippen LogP contribution in [0, 0.1) is 12.8 Å². The lowest BCUT2D eigenvalue weighted by molar-refractivity contribution is 0.832. The molecule has 1 N–H and O–H groups in total. The number of para-hydroxylation sites is 1. The predicted octanol–water partition coefficient (Wildman–Crippen LogP) is 5.32. The third kappa shape index (κ3) is 4.92. The first-order valence-electron chi connectivity index (χ1n) is 7.87. The number of rotatable bonds is 7. The second-order valence-electron chi connectivity index (χ2n) is 5.93. The van der Waals surface area contributed by atoms with Gasteiger partial charge >= 0.3 is 0 Å². The highest BCUT2D eigenvalue weighted by molar-refractivity contribution is 7.80. The molecule has 0 saturated carbocycles. The first-order valence-corrected chi connectivity index (χ1v) is 8.28. The lowest BCUT2D eigenvalue weighted by Crippen LogP contribution is -2.05. The standard InChI is InChI=1S/C19H24N2S/c1-14(2)10-11-16(22)7-6-12-20-19-13-15(3)21-18-9-5-4-8-17(18)19/h4-5,8-11,13-14H,6-7,12H2,1-3H3,(H,20,21)/b11-10+. The second kappa shape index (κ2) is 8.04. The fourth-order valence-electron chi connectivity index (χ4n) is 2.32. The van der Waals surface area contributed by atoms with Gasteiger partial charge in [-0.05, 0) is 37.8 Å². The van der Waals surface area contributed by atoms with Crippen LogP contribution in [-0.2, 0) is 0 Å². The number of benzene rings is 1. The van der Waals surface area contributed by atoms with E-state index in [4.69, 9.17) is 12.2 Å². The van der Waals surface area contributed by atoms with E-state index in [0.717, 1.165) is 41.1 Å². The van der Waals surface area contributed by atoms with Crippen LogP contribution in [0.2, 0.25) is 0 Å². The van der Waals surface area contributed by atoms with Gasteiger partial charge in [0.1, 0.15) is 0 Å². The number of thiocarbonyl (C=S) groups is 1. The van der Waals surface area contributed by atoms with Gasteiger partial charge in [0.15, 0.2) is 0 Å². The van der Waals surface area contributed by atoms with Crippen molar-refractivity contribution in [3.8, 4) is 0 Å². The van der Waals surface area contributed by atoms with Crippen molar-refractivity contribution in [3.63, 3.8) is 0 Å². The summed E-state index contributed by atoms with van der Waals surface area (Å²) in [7, 11) is 0. The molecule has 2 aromatic rings. The minimum Gasteiger partial charge on any atom is -0.384 e. The molecule has 0 aliphatic rings. The lowest BCUT2D eigenvalue weighted by atomic mass is 10.1. The van der Waals surface area contributed by atoms with Crippen LogP contribution in [0.25, 0.3) is 10.9 Å². The molecular formula is C19H24N2S. The van der Waals surface area contributed by atoms with Gasteiger partial charge in [-0.1, -0.05) is 56.4 Å². The molecule has 0 aliphatic carbocycles. The van der Waals surface area contributed by atoms with Crippen LogP contribution in [0.4, 0.5) is 5.69 Å². The molecule has 0 spiro atoms. The molecule has 0 amide bonds. The topological polar surface area (TPSA) is 24.9 Å². The molecule has 2 rings (SSSR count). The minimum absolute atomic E-state index is 0.558. The zero-order valence-electron chi connectivity index (χ0n) is 13.6. The fraction of sp³-hybridized carbons (Fsp3) is 0.368. The van der Waals surface area contributed by atoms with E-state index in [0.29, 0.717) is 5.92 Å². The summed E-state index contributed by atoms with van der Waals surface area (Å²) in [6.07, 6.45) is 6.23. The van der Waals surface area contributed by atoms with E-state index in [9.17, 15) is 0 Å². The fourth-order valence-corrected chi connectivity index (χ4v) is 2.55. The smallest absolute Gasteiger partial charge is 0.0725 e. The van der Waals surface area contributed by atoms with Gasteiger partial charge < -0.3 is 5.32 Å². The summed E-state index contributed by atoms with van der Waals surface area (Å²) in [6, 6.07) is 10.4. The van der Waals surface area contributed by atoms with E-state index in [1.165, 1.54) is 5.39 Å². The van der Waals surface area contributed by atoms with Crippen molar-refractivity contribution in [2.75, 3.05) is 11.9 Å². The molecule has 0 unspecified atom stereocenters. The van der Waals surface area contributed by atoms with Crippen LogP contribution in [0.3, 0.4) is 0 Å². The van der Waals surface area contributed by atoms with Gasteiger partial charge in [-0.15, -0.1) is 0 Å². The average molecular weight is 312 g/mol. The second-order valence-corrected chi connectivity index (χ2v) is 6.45. The van der Waals surface area contributed by atoms with Gasteiger partial charge in [0, 0.05) is 28.2 Å². The number of fused-ring (bicyclic) bond motifs is 1. The van der Waals surface area contributed by atoms with Crippen LogP contribution >= 0.6 is 12.2 Å². The summed E-state index contributed by atoms with van der Waals surface area (Å²) in [5, 5.41) is 4.70. The van der Waals surface area contributed by atoms with E-state index in [-0.39, 0.29) is 0 Å². The normalized spacial score (nSPS) is 11.5. The van der Waals surface area contributed by atoms with Gasteiger partial charge in [-0.3, -0.25) is 4.98 Å². The van der Waals surface area contributed by atoms with Crippen molar-refractivity contribution >= 4 is 33.7 Å². The van der Waals surface area contributed by atoms with Gasteiger partial charge in [-0.25, -0.2) is 0 Å². The molecule has 1 aromatic heterocycles. The molecule has 1 aromatic carbocycles. The maximum absolute atomic E-state index is 5.38. The summed E-state index contributed by atoms with van der Waals surface area (Å²) >= 11 is 5.38. The summed E-state index contributed by atoms with van der Waals surface area (Å²) in [6.45, 7) is 7.28. The number of pyridine rings is 1. The Morgan fingerprint density at radius 1 is 1.32 bits per heavy atom. The van der Waals surface area contributed by atoms with Gasteiger partial charge in [0.2, 0.25) is 0 Å². The number of nitrogens with one attached hydrogen (secondary N) is 1. The van der Waals surface area contributed by atoms with E-state index >= 15 is 0 Å². The highest BCUT2D eigenvalue weighted by atomic mass is 32.1. The summed E-state index contributed by atoms with van der Waals surface area (Å²) < 4.78 is 0. The van der Waals surface area contributed by atoms with E-state index in [1.54, 1.807) is 0 Å². The Hall–Kier alpha value is -1.74. The quantitative estimate of drug-likeness (QED) is 0.425. The van der Waals surface area contributed by atoms with Crippen LogP contribution < -0.4 is 5.32 Å². The number of hydrogen-bond donors (Lipinski definition) is 1. The lowest BCUT2D eigenvalue weighted by Gasteiger charge is -2.10. The summed E-state index contributed by atoms with van der Waals surface area (Å²) in [4.78, 5) is 5.60. The number of hydrogen-bond acceptors (Lipinski definition) is 3. The van der Waals surface area contributed by atoms with Crippen molar-refractivity contribution in [1.82, 2.24) is 4.98 Å². The molecular weight excluding hydrogens is 288 g/mol. The third-order valence-electron chi connectivity index (χ3n) is 3.43. The van der Waals surface area contributed by atoms with Gasteiger partial charge in [0.25, 0.3) is 0 Å². The predicted molar refractivity (Wildman–Crippen MR) is 101 cm³/mol. The first kappa shape index (κ1) is 16.6. The Bertz CT molecular complexity index is 674. The Kier molecular flexibility index (Phi) is 6.08. The highest BCUT2D eigenvalue weighted by Gasteiger charge is 2.03. The van der Waals surface area contributed by atoms with Crippen molar-refractivity contribution in [2.24, 2.45) is 5.92 Å². The average Bonchev–Trinajstić information content (AvgIpc) is 2.49. The molecule has 3 heteroatoms. The van der Waals surface area contributed by atoms with Crippen molar-refractivity contribution in [2.45, 2.75) is 33.6 Å². The van der Waals surface area contributed by atoms with E-state index < -0.39 is 0 Å². The van der Waals surface area contributed by atoms with E-state index in [1.807, 2.05) is 13.0 Å². The number of allylic oxidation sites excluding steroid dienone is 2. The van der Waals surface area contributed by atoms with E-state index in [2.05, 4.69) is 60.6 Å². The Morgan fingerprint density at radius 2 is 2.09 bits per heavy atom. The largest absolute Gasteiger partial charge is 0.384 e. The van der Waals surface area contributed by atoms with Crippen LogP contribution in [0.1, 0.15) is 32.4 Å². The molecule has 0 fully saturated rings. The molecule has 0 atom stereocenters. The zero-order valence-corrected chi connectivity index (χ0v) is 14.4. The van der Waals surface area contributed by atoms with Crippen LogP contribution in [-0.4, -0.2) is 16.4 Å². The summed E-state index contributed by atoms with van der Waals surface area (Å²) in [5.74, 6) is 0.558. The number of anilines is 1. The summed E-state index contributed by atoms with van der Waals surface area (Å²) in [5.41, 5.74) is 3.24. The SMILES string of the molecule is Cc1cc(NCCCC(=S)/C=C/C(C)C)c2ccccc2n1. The van der Waals surface area contributed by atoms with Crippen molar-refractivity contribution in [1.29, 1.82) is 0 Å². The van der Waals surface area contributed by atoms with Crippen LogP contribution in [0.5, 0.6) is 0 Å². The minimum atomic E-state index is 0.558. The van der Waals surface area contributed by atoms with Crippen LogP contribution in [0.15, 0.2) is 42.5 Å². The molecule has 0 saturated heterocycles. The third-order valence-corrected chi connectivity index (χ3v) is 3.77. The number of aryl methyl sites for hydroxylation is 1. The molecule has 0 radical (unpaired) electrons. The highest BCUT2D eigenvalue weighted by Crippen LogP contribution is 2.22. The molecule has 0 aliphatic heterocycles. The Labute approximate surface area is 138 Å². The molecule has 22 heavy (non-hydrogen) atoms. The molecule has 116 valence electrons. The van der Waals surface area contributed by atoms with Gasteiger partial charge in [0.05, 0.1) is 5.52 Å². The first-order chi connectivity index (χ1) is 10.6. The maximum atomic E-state index is 5.38. The van der Waals surface area contributed by atoms with Gasteiger partial charge in [-0.2, -0.15) is 0 Å². The van der Waals surface area contributed by atoms with Crippen molar-refractivity contribution in [3.05, 3.63) is 48.2 Å². The monoisotopic (exact) mass is 312 g/mol. The van der Waals surface area contributed by atoms with Crippen molar-refractivity contribution < 1.29 is 0 Å². The Balaban J connectivity index is 1.91. The maximum Gasteiger partial charge on any atom is 0.0725 e. The number of nitrogens with zero attached hydrogens (tertiary/aromatic N) is 1. The molecule has 1 heterocycles. The zero-order chi connectivity index (χ0) is 15.9.